The van der Waals surface area contributed by atoms with Crippen molar-refractivity contribution in [1.82, 2.24) is 10.3 Å². The molecule has 0 saturated carbocycles. The lowest BCUT2D eigenvalue weighted by atomic mass is 9.90. The normalized spacial score (nSPS) is 14.6. The summed E-state index contributed by atoms with van der Waals surface area (Å²) in [5.41, 5.74) is 1.91. The third kappa shape index (κ3) is 5.44. The molecule has 0 unspecified atom stereocenters. The third-order valence-electron chi connectivity index (χ3n) is 4.71. The highest BCUT2D eigenvalue weighted by Gasteiger charge is 2.27. The fourth-order valence-electron chi connectivity index (χ4n) is 3.19. The summed E-state index contributed by atoms with van der Waals surface area (Å²) >= 11 is 0. The van der Waals surface area contributed by atoms with E-state index in [9.17, 15) is 9.18 Å². The van der Waals surface area contributed by atoms with Crippen LogP contribution < -0.4 is 15.0 Å². The fraction of sp³-hybridized carbons (Fsp3) is 0.455. The van der Waals surface area contributed by atoms with Crippen LogP contribution in [0.1, 0.15) is 37.6 Å². The van der Waals surface area contributed by atoms with Crippen LogP contribution in [0, 0.1) is 12.7 Å². The summed E-state index contributed by atoms with van der Waals surface area (Å²) in [6.45, 7) is 11.1. The van der Waals surface area contributed by atoms with Crippen LogP contribution in [0.2, 0.25) is 0 Å². The molecule has 1 aliphatic heterocycles. The Morgan fingerprint density at radius 1 is 1.28 bits per heavy atom. The van der Waals surface area contributed by atoms with Gasteiger partial charge in [0.2, 0.25) is 0 Å². The van der Waals surface area contributed by atoms with Gasteiger partial charge in [0.25, 0.3) is 0 Å². The Hall–Kier alpha value is -2.67. The minimum atomic E-state index is -0.594. The number of ether oxygens (including phenoxy) is 2. The molecule has 0 radical (unpaired) electrons. The summed E-state index contributed by atoms with van der Waals surface area (Å²) in [6, 6.07) is 8.03. The van der Waals surface area contributed by atoms with E-state index in [2.05, 4.69) is 10.2 Å². The second kappa shape index (κ2) is 8.78. The van der Waals surface area contributed by atoms with Crippen LogP contribution in [0.4, 0.5) is 15.0 Å². The average molecular weight is 401 g/mol. The van der Waals surface area contributed by atoms with Crippen molar-refractivity contribution in [3.63, 3.8) is 0 Å². The van der Waals surface area contributed by atoms with Gasteiger partial charge >= 0.3 is 6.09 Å². The van der Waals surface area contributed by atoms with Crippen LogP contribution >= 0.6 is 0 Å². The van der Waals surface area contributed by atoms with Gasteiger partial charge in [0.15, 0.2) is 5.75 Å². The lowest BCUT2D eigenvalue weighted by Gasteiger charge is -2.30. The maximum atomic E-state index is 13.3. The molecule has 1 aromatic carbocycles. The number of nitrogens with zero attached hydrogens (tertiary/aromatic N) is 2. The molecule has 0 bridgehead atoms. The van der Waals surface area contributed by atoms with Gasteiger partial charge in [-0.3, -0.25) is 0 Å². The second-order valence-corrected chi connectivity index (χ2v) is 8.20. The first-order chi connectivity index (χ1) is 13.7. The standard InChI is InChI=1S/C22H28FN3O3/c1-15-12-18(26-8-10-28-11-9-26)25-20(22(2,3)4)19(15)29-21(27)24-14-16-6-5-7-17(23)13-16/h5-7,12-13H,8-11,14H2,1-4H3,(H,24,27). The number of benzene rings is 1. The van der Waals surface area contributed by atoms with Crippen LogP contribution in [0.5, 0.6) is 5.75 Å². The van der Waals surface area contributed by atoms with Gasteiger partial charge in [-0.25, -0.2) is 14.2 Å². The van der Waals surface area contributed by atoms with E-state index in [0.29, 0.717) is 24.5 Å². The van der Waals surface area contributed by atoms with Crippen molar-refractivity contribution in [1.29, 1.82) is 0 Å². The molecule has 1 N–H and O–H groups in total. The topological polar surface area (TPSA) is 63.7 Å². The first-order valence-electron chi connectivity index (χ1n) is 9.79. The predicted octanol–water partition coefficient (Wildman–Crippen LogP) is 3.95. The number of nitrogens with one attached hydrogen (secondary N) is 1. The summed E-state index contributed by atoms with van der Waals surface area (Å²) in [5.74, 6) is 0.987. The highest BCUT2D eigenvalue weighted by molar-refractivity contribution is 5.72. The third-order valence-corrected chi connectivity index (χ3v) is 4.71. The van der Waals surface area contributed by atoms with Crippen molar-refractivity contribution < 1.29 is 18.7 Å². The molecule has 0 spiro atoms. The number of morpholine rings is 1. The highest BCUT2D eigenvalue weighted by Crippen LogP contribution is 2.35. The van der Waals surface area contributed by atoms with Crippen molar-refractivity contribution in [3.8, 4) is 5.75 Å². The van der Waals surface area contributed by atoms with Crippen LogP contribution in [0.3, 0.4) is 0 Å². The van der Waals surface area contributed by atoms with Crippen molar-refractivity contribution in [2.45, 2.75) is 39.7 Å². The number of halogens is 1. The van der Waals surface area contributed by atoms with Gasteiger partial charge in [-0.1, -0.05) is 32.9 Å². The number of amides is 1. The number of rotatable bonds is 4. The summed E-state index contributed by atoms with van der Waals surface area (Å²) in [7, 11) is 0. The molecule has 7 heteroatoms. The van der Waals surface area contributed by atoms with Crippen LogP contribution in [0.25, 0.3) is 0 Å². The first kappa shape index (κ1) is 21.0. The Kier molecular flexibility index (Phi) is 6.37. The Morgan fingerprint density at radius 2 is 2.00 bits per heavy atom. The largest absolute Gasteiger partial charge is 0.412 e. The monoisotopic (exact) mass is 401 g/mol. The number of carbonyl (C=O) groups excluding carboxylic acids is 1. The Morgan fingerprint density at radius 3 is 2.66 bits per heavy atom. The van der Waals surface area contributed by atoms with E-state index in [0.717, 1.165) is 30.2 Å². The molecule has 2 aromatic rings. The Labute approximate surface area is 171 Å². The van der Waals surface area contributed by atoms with E-state index in [1.54, 1.807) is 12.1 Å². The van der Waals surface area contributed by atoms with Crippen molar-refractivity contribution in [2.75, 3.05) is 31.2 Å². The molecule has 2 heterocycles. The maximum Gasteiger partial charge on any atom is 0.412 e. The van der Waals surface area contributed by atoms with E-state index in [-0.39, 0.29) is 17.8 Å². The van der Waals surface area contributed by atoms with Crippen molar-refractivity contribution >= 4 is 11.9 Å². The van der Waals surface area contributed by atoms with Crippen LogP contribution in [0.15, 0.2) is 30.3 Å². The second-order valence-electron chi connectivity index (χ2n) is 8.20. The van der Waals surface area contributed by atoms with Crippen LogP contribution in [-0.2, 0) is 16.7 Å². The molecular weight excluding hydrogens is 373 g/mol. The van der Waals surface area contributed by atoms with E-state index in [1.807, 2.05) is 33.8 Å². The van der Waals surface area contributed by atoms with Gasteiger partial charge in [-0.05, 0) is 36.2 Å². The quantitative estimate of drug-likeness (QED) is 0.840. The zero-order valence-electron chi connectivity index (χ0n) is 17.4. The van der Waals surface area contributed by atoms with E-state index in [1.165, 1.54) is 12.1 Å². The molecule has 0 atom stereocenters. The van der Waals surface area contributed by atoms with Gasteiger partial charge < -0.3 is 19.7 Å². The first-order valence-corrected chi connectivity index (χ1v) is 9.79. The maximum absolute atomic E-state index is 13.3. The van der Waals surface area contributed by atoms with E-state index >= 15 is 0 Å². The van der Waals surface area contributed by atoms with Crippen molar-refractivity contribution in [3.05, 3.63) is 53.0 Å². The average Bonchev–Trinajstić information content (AvgIpc) is 2.67. The van der Waals surface area contributed by atoms with E-state index < -0.39 is 6.09 Å². The zero-order chi connectivity index (χ0) is 21.0. The predicted molar refractivity (Wildman–Crippen MR) is 110 cm³/mol. The lowest BCUT2D eigenvalue weighted by molar-refractivity contribution is 0.122. The number of pyridine rings is 1. The summed E-state index contributed by atoms with van der Waals surface area (Å²) in [5, 5.41) is 2.68. The number of hydrogen-bond acceptors (Lipinski definition) is 5. The molecule has 6 nitrogen and oxygen atoms in total. The molecule has 156 valence electrons. The molecular formula is C22H28FN3O3. The molecule has 29 heavy (non-hydrogen) atoms. The molecule has 1 aliphatic rings. The number of aromatic nitrogens is 1. The molecule has 1 saturated heterocycles. The number of anilines is 1. The summed E-state index contributed by atoms with van der Waals surface area (Å²) in [4.78, 5) is 19.4. The Balaban J connectivity index is 1.79. The van der Waals surface area contributed by atoms with Gasteiger partial charge in [-0.2, -0.15) is 0 Å². The van der Waals surface area contributed by atoms with E-state index in [4.69, 9.17) is 14.5 Å². The minimum Gasteiger partial charge on any atom is -0.408 e. The minimum absolute atomic E-state index is 0.180. The zero-order valence-corrected chi connectivity index (χ0v) is 17.4. The van der Waals surface area contributed by atoms with Crippen LogP contribution in [-0.4, -0.2) is 37.4 Å². The van der Waals surface area contributed by atoms with Gasteiger partial charge in [0, 0.05) is 25.0 Å². The summed E-state index contributed by atoms with van der Waals surface area (Å²) in [6.07, 6.45) is -0.594. The molecule has 1 amide bonds. The molecule has 1 fully saturated rings. The number of aryl methyl sites for hydroxylation is 1. The van der Waals surface area contributed by atoms with Gasteiger partial charge in [0.05, 0.1) is 18.9 Å². The van der Waals surface area contributed by atoms with Gasteiger partial charge in [0.1, 0.15) is 11.6 Å². The van der Waals surface area contributed by atoms with Gasteiger partial charge in [-0.15, -0.1) is 0 Å². The Bertz CT molecular complexity index is 874. The SMILES string of the molecule is Cc1cc(N2CCOCC2)nc(C(C)(C)C)c1OC(=O)NCc1cccc(F)c1. The fourth-order valence-corrected chi connectivity index (χ4v) is 3.19. The smallest absolute Gasteiger partial charge is 0.408 e. The molecule has 0 aliphatic carbocycles. The highest BCUT2D eigenvalue weighted by atomic mass is 19.1. The van der Waals surface area contributed by atoms with Crippen molar-refractivity contribution in [2.24, 2.45) is 0 Å². The number of hydrogen-bond donors (Lipinski definition) is 1. The number of carbonyl (C=O) groups is 1. The lowest BCUT2D eigenvalue weighted by Crippen LogP contribution is -2.37. The molecule has 1 aromatic heterocycles. The molecule has 3 rings (SSSR count). The summed E-state index contributed by atoms with van der Waals surface area (Å²) < 4.78 is 24.4.